The van der Waals surface area contributed by atoms with E-state index in [0.717, 1.165) is 11.4 Å². The third kappa shape index (κ3) is 3.24. The summed E-state index contributed by atoms with van der Waals surface area (Å²) in [7, 11) is 0. The van der Waals surface area contributed by atoms with Crippen molar-refractivity contribution in [2.24, 2.45) is 0 Å². The zero-order chi connectivity index (χ0) is 17.8. The van der Waals surface area contributed by atoms with Crippen LogP contribution in [0.4, 0.5) is 11.4 Å². The number of amides is 1. The molecule has 0 N–H and O–H groups in total. The van der Waals surface area contributed by atoms with Crippen molar-refractivity contribution < 1.29 is 14.3 Å². The largest absolute Gasteiger partial charge is 0.451 e. The summed E-state index contributed by atoms with van der Waals surface area (Å²) in [6.07, 6.45) is 0. The van der Waals surface area contributed by atoms with E-state index in [2.05, 4.69) is 0 Å². The van der Waals surface area contributed by atoms with E-state index in [-0.39, 0.29) is 17.0 Å². The second-order valence-electron chi connectivity index (χ2n) is 6.69. The Hall–Kier alpha value is -2.46. The number of benzene rings is 2. The summed E-state index contributed by atoms with van der Waals surface area (Å²) in [4.78, 5) is 24.5. The highest BCUT2D eigenvalue weighted by Gasteiger charge is 2.51. The van der Waals surface area contributed by atoms with Crippen LogP contribution >= 0.6 is 0 Å². The molecule has 0 radical (unpaired) electrons. The van der Waals surface area contributed by atoms with Gasteiger partial charge < -0.3 is 4.74 Å². The Morgan fingerprint density at radius 2 is 1.29 bits per heavy atom. The fraction of sp³-hybridized carbons (Fsp3) is 0.300. The van der Waals surface area contributed by atoms with Crippen molar-refractivity contribution >= 4 is 23.3 Å². The first kappa shape index (κ1) is 17.9. The van der Waals surface area contributed by atoms with E-state index in [0.29, 0.717) is 0 Å². The predicted octanol–water partition coefficient (Wildman–Crippen LogP) is 4.21. The zero-order valence-corrected chi connectivity index (χ0v) is 14.7. The number of esters is 1. The lowest BCUT2D eigenvalue weighted by Gasteiger charge is -2.45. The van der Waals surface area contributed by atoms with Gasteiger partial charge in [-0.25, -0.2) is 4.79 Å². The fourth-order valence-corrected chi connectivity index (χ4v) is 3.15. The summed E-state index contributed by atoms with van der Waals surface area (Å²) in [6.45, 7) is 7.08. The van der Waals surface area contributed by atoms with Crippen LogP contribution in [0.15, 0.2) is 60.7 Å². The van der Waals surface area contributed by atoms with Crippen LogP contribution in [0.2, 0.25) is 0 Å². The van der Waals surface area contributed by atoms with Crippen LogP contribution in [0.25, 0.3) is 0 Å². The van der Waals surface area contributed by atoms with Gasteiger partial charge in [0.25, 0.3) is 0 Å². The third-order valence-electron chi connectivity index (χ3n) is 4.07. The third-order valence-corrected chi connectivity index (χ3v) is 4.07. The molecule has 126 valence electrons. The quantitative estimate of drug-likeness (QED) is 0.624. The molecule has 2 rings (SSSR count). The normalized spacial score (nSPS) is 11.8. The fourth-order valence-electron chi connectivity index (χ4n) is 3.15. The topological polar surface area (TPSA) is 43.4 Å². The summed E-state index contributed by atoms with van der Waals surface area (Å²) in [6, 6.07) is 19.2. The highest BCUT2D eigenvalue weighted by Crippen LogP contribution is 2.42. The van der Waals surface area contributed by atoms with Crippen molar-refractivity contribution in [1.29, 1.82) is 0 Å². The summed E-state index contributed by atoms with van der Waals surface area (Å²) < 4.78 is 5.02. The van der Waals surface area contributed by atoms with Gasteiger partial charge in [0.15, 0.2) is 0 Å². The van der Waals surface area contributed by atoms with Crippen LogP contribution in [-0.2, 0) is 14.3 Å². The van der Waals surface area contributed by atoms with Crippen LogP contribution in [0.3, 0.4) is 0 Å². The van der Waals surface area contributed by atoms with Crippen molar-refractivity contribution in [3.05, 3.63) is 60.7 Å². The standard InChI is InChI=1S/C20H24NO3/c1-16(22)24-15-19(23)21(20(2,3)4,17-11-7-5-8-12-17)18-13-9-6-10-14-18/h5-14H,15H2,1-4H3/q+1. The molecule has 0 aliphatic carbocycles. The van der Waals surface area contributed by atoms with Gasteiger partial charge in [-0.15, -0.1) is 0 Å². The average Bonchev–Trinajstić information content (AvgIpc) is 2.54. The number of carbonyl (C=O) groups excluding carboxylic acids is 2. The molecule has 0 aliphatic heterocycles. The van der Waals surface area contributed by atoms with E-state index in [4.69, 9.17) is 4.74 Å². The van der Waals surface area contributed by atoms with E-state index in [1.807, 2.05) is 81.4 Å². The summed E-state index contributed by atoms with van der Waals surface area (Å²) in [5, 5.41) is 0. The molecule has 0 aliphatic rings. The first-order chi connectivity index (χ1) is 11.3. The highest BCUT2D eigenvalue weighted by atomic mass is 16.5. The molecule has 0 atom stereocenters. The Morgan fingerprint density at radius 3 is 1.62 bits per heavy atom. The second-order valence-corrected chi connectivity index (χ2v) is 6.69. The van der Waals surface area contributed by atoms with Crippen LogP contribution in [0, 0.1) is 0 Å². The predicted molar refractivity (Wildman–Crippen MR) is 95.7 cm³/mol. The molecular weight excluding hydrogens is 302 g/mol. The maximum atomic E-state index is 13.3. The molecule has 2 aromatic rings. The number of ether oxygens (including phenoxy) is 1. The number of carbonyl (C=O) groups is 2. The molecule has 0 unspecified atom stereocenters. The lowest BCUT2D eigenvalue weighted by molar-refractivity contribution is -0.150. The molecule has 4 nitrogen and oxygen atoms in total. The van der Waals surface area contributed by atoms with Crippen molar-refractivity contribution in [3.8, 4) is 0 Å². The van der Waals surface area contributed by atoms with Crippen molar-refractivity contribution in [3.63, 3.8) is 0 Å². The molecule has 0 spiro atoms. The number of para-hydroxylation sites is 2. The molecule has 0 bridgehead atoms. The Labute approximate surface area is 143 Å². The van der Waals surface area contributed by atoms with Gasteiger partial charge >= 0.3 is 11.9 Å². The van der Waals surface area contributed by atoms with E-state index in [1.165, 1.54) is 6.92 Å². The number of hydrogen-bond donors (Lipinski definition) is 0. The number of nitrogens with zero attached hydrogens (tertiary/aromatic N) is 1. The van der Waals surface area contributed by atoms with Crippen LogP contribution in [0.5, 0.6) is 0 Å². The van der Waals surface area contributed by atoms with Crippen LogP contribution < -0.4 is 4.48 Å². The van der Waals surface area contributed by atoms with Gasteiger partial charge in [0, 0.05) is 31.2 Å². The first-order valence-electron chi connectivity index (χ1n) is 7.97. The monoisotopic (exact) mass is 326 g/mol. The minimum Gasteiger partial charge on any atom is -0.451 e. The highest BCUT2D eigenvalue weighted by molar-refractivity contribution is 5.97. The number of rotatable bonds is 4. The van der Waals surface area contributed by atoms with Crippen molar-refractivity contribution in [2.45, 2.75) is 33.2 Å². The van der Waals surface area contributed by atoms with Crippen molar-refractivity contribution in [1.82, 2.24) is 4.48 Å². The number of hydrogen-bond acceptors (Lipinski definition) is 3. The molecule has 0 heterocycles. The van der Waals surface area contributed by atoms with E-state index in [1.54, 1.807) is 0 Å². The van der Waals surface area contributed by atoms with Gasteiger partial charge in [0.05, 0.1) is 0 Å². The summed E-state index contributed by atoms with van der Waals surface area (Å²) >= 11 is 0. The van der Waals surface area contributed by atoms with E-state index < -0.39 is 11.5 Å². The minimum atomic E-state index is -0.472. The maximum absolute atomic E-state index is 13.3. The Morgan fingerprint density at radius 1 is 0.875 bits per heavy atom. The Bertz CT molecular complexity index is 663. The van der Waals surface area contributed by atoms with E-state index in [9.17, 15) is 9.59 Å². The number of quaternary nitrogens is 1. The maximum Gasteiger partial charge on any atom is 0.361 e. The van der Waals surface area contributed by atoms with Gasteiger partial charge in [0.1, 0.15) is 16.9 Å². The lowest BCUT2D eigenvalue weighted by atomic mass is 9.96. The lowest BCUT2D eigenvalue weighted by Crippen LogP contribution is -2.62. The first-order valence-corrected chi connectivity index (χ1v) is 7.97. The molecule has 0 saturated carbocycles. The SMILES string of the molecule is CC(=O)OCC(=O)[N+](c1ccccc1)(c1ccccc1)C(C)(C)C. The van der Waals surface area contributed by atoms with Gasteiger partial charge in [-0.05, 0) is 20.8 Å². The Kier molecular flexibility index (Phi) is 5.20. The average molecular weight is 326 g/mol. The minimum absolute atomic E-state index is 0.0258. The van der Waals surface area contributed by atoms with Crippen LogP contribution in [0.1, 0.15) is 27.7 Å². The van der Waals surface area contributed by atoms with Crippen molar-refractivity contribution in [2.75, 3.05) is 6.61 Å². The van der Waals surface area contributed by atoms with E-state index >= 15 is 0 Å². The van der Waals surface area contributed by atoms with Gasteiger partial charge in [-0.3, -0.25) is 4.79 Å². The molecule has 24 heavy (non-hydrogen) atoms. The van der Waals surface area contributed by atoms with Gasteiger partial charge in [0.2, 0.25) is 6.61 Å². The molecular formula is C20H24NO3+. The smallest absolute Gasteiger partial charge is 0.361 e. The molecule has 1 amide bonds. The molecule has 0 saturated heterocycles. The van der Waals surface area contributed by atoms with Crippen LogP contribution in [-0.4, -0.2) is 24.0 Å². The molecule has 0 fully saturated rings. The Balaban J connectivity index is 2.71. The van der Waals surface area contributed by atoms with Gasteiger partial charge in [-0.1, -0.05) is 36.4 Å². The second kappa shape index (κ2) is 6.97. The molecule has 2 aromatic carbocycles. The summed E-state index contributed by atoms with van der Waals surface area (Å²) in [5.41, 5.74) is 1.21. The molecule has 4 heteroatoms. The molecule has 0 aromatic heterocycles. The zero-order valence-electron chi connectivity index (χ0n) is 14.7. The summed E-state index contributed by atoms with van der Waals surface area (Å²) in [5.74, 6) is -0.647. The van der Waals surface area contributed by atoms with Gasteiger partial charge in [-0.2, -0.15) is 4.48 Å².